The highest BCUT2D eigenvalue weighted by Crippen LogP contribution is 2.33. The fourth-order valence-corrected chi connectivity index (χ4v) is 3.97. The van der Waals surface area contributed by atoms with Crippen LogP contribution in [0.5, 0.6) is 0 Å². The van der Waals surface area contributed by atoms with Gasteiger partial charge in [-0.25, -0.2) is 0 Å². The summed E-state index contributed by atoms with van der Waals surface area (Å²) in [7, 11) is 0. The van der Waals surface area contributed by atoms with Crippen molar-refractivity contribution in [2.24, 2.45) is 5.92 Å². The molecule has 2 fully saturated rings. The fourth-order valence-electron chi connectivity index (χ4n) is 3.97. The van der Waals surface area contributed by atoms with E-state index in [0.29, 0.717) is 36.5 Å². The third-order valence-corrected chi connectivity index (χ3v) is 5.16. The molecule has 2 aliphatic rings. The van der Waals surface area contributed by atoms with Crippen LogP contribution in [0.2, 0.25) is 0 Å². The van der Waals surface area contributed by atoms with E-state index < -0.39 is 0 Å². The highest BCUT2D eigenvalue weighted by Gasteiger charge is 2.34. The van der Waals surface area contributed by atoms with E-state index in [-0.39, 0.29) is 24.2 Å². The second kappa shape index (κ2) is 8.68. The maximum atomic E-state index is 12.4. The molecule has 0 aromatic heterocycles. The third-order valence-electron chi connectivity index (χ3n) is 5.16. The van der Waals surface area contributed by atoms with Crippen molar-refractivity contribution in [1.82, 2.24) is 10.6 Å². The second-order valence-corrected chi connectivity index (χ2v) is 7.12. The van der Waals surface area contributed by atoms with Gasteiger partial charge in [0.05, 0.1) is 0 Å². The van der Waals surface area contributed by atoms with Gasteiger partial charge in [-0.2, -0.15) is 0 Å². The van der Waals surface area contributed by atoms with Crippen molar-refractivity contribution in [1.29, 1.82) is 0 Å². The van der Waals surface area contributed by atoms with Gasteiger partial charge >= 0.3 is 0 Å². The molecule has 0 radical (unpaired) electrons. The van der Waals surface area contributed by atoms with Gasteiger partial charge in [-0.15, -0.1) is 12.4 Å². The highest BCUT2D eigenvalue weighted by molar-refractivity contribution is 5.97. The van der Waals surface area contributed by atoms with Crippen molar-refractivity contribution < 1.29 is 9.59 Å². The smallest absolute Gasteiger partial charge is 0.251 e. The molecular formula is C19H28ClN3O2. The summed E-state index contributed by atoms with van der Waals surface area (Å²) in [5, 5.41) is 9.40. The summed E-state index contributed by atoms with van der Waals surface area (Å²) in [6, 6.07) is 6.64. The summed E-state index contributed by atoms with van der Waals surface area (Å²) in [5.41, 5.74) is 2.29. The van der Waals surface area contributed by atoms with Crippen LogP contribution in [0.15, 0.2) is 18.2 Å². The van der Waals surface area contributed by atoms with Gasteiger partial charge in [0.1, 0.15) is 0 Å². The summed E-state index contributed by atoms with van der Waals surface area (Å²) in [4.78, 5) is 24.4. The van der Waals surface area contributed by atoms with Crippen LogP contribution < -0.4 is 16.0 Å². The molecule has 2 amide bonds. The molecule has 25 heavy (non-hydrogen) atoms. The zero-order valence-corrected chi connectivity index (χ0v) is 15.7. The number of carbonyl (C=O) groups excluding carboxylic acids is 2. The Morgan fingerprint density at radius 3 is 2.52 bits per heavy atom. The number of rotatable bonds is 5. The van der Waals surface area contributed by atoms with E-state index >= 15 is 0 Å². The number of carbonyl (C=O) groups is 2. The topological polar surface area (TPSA) is 70.2 Å². The zero-order valence-electron chi connectivity index (χ0n) is 14.9. The van der Waals surface area contributed by atoms with Gasteiger partial charge in [0.2, 0.25) is 5.91 Å². The minimum atomic E-state index is -0.108. The van der Waals surface area contributed by atoms with Crippen LogP contribution in [-0.2, 0) is 4.79 Å². The quantitative estimate of drug-likeness (QED) is 0.751. The van der Waals surface area contributed by atoms with Gasteiger partial charge in [0.15, 0.2) is 0 Å². The maximum absolute atomic E-state index is 12.4. The minimum Gasteiger partial charge on any atom is -0.352 e. The molecule has 138 valence electrons. The summed E-state index contributed by atoms with van der Waals surface area (Å²) in [6.45, 7) is 4.43. The predicted molar refractivity (Wildman–Crippen MR) is 102 cm³/mol. The van der Waals surface area contributed by atoms with Gasteiger partial charge in [-0.1, -0.05) is 6.07 Å². The molecule has 6 heteroatoms. The predicted octanol–water partition coefficient (Wildman–Crippen LogP) is 3.03. The first kappa shape index (κ1) is 19.7. The third kappa shape index (κ3) is 4.95. The molecule has 2 saturated heterocycles. The van der Waals surface area contributed by atoms with Crippen LogP contribution in [-0.4, -0.2) is 30.4 Å². The molecule has 2 aliphatic heterocycles. The van der Waals surface area contributed by atoms with Crippen LogP contribution in [0, 0.1) is 12.8 Å². The highest BCUT2D eigenvalue weighted by atomic mass is 35.5. The number of nitrogens with one attached hydrogen (secondary N) is 3. The molecule has 3 rings (SSSR count). The Bertz CT molecular complexity index is 623. The van der Waals surface area contributed by atoms with Crippen LogP contribution in [0.1, 0.15) is 54.9 Å². The maximum Gasteiger partial charge on any atom is 0.251 e. The average Bonchev–Trinajstić information content (AvgIpc) is 2.88. The number of anilines is 1. The van der Waals surface area contributed by atoms with Crippen molar-refractivity contribution in [2.75, 3.05) is 11.9 Å². The van der Waals surface area contributed by atoms with Crippen molar-refractivity contribution in [3.63, 3.8) is 0 Å². The van der Waals surface area contributed by atoms with E-state index in [0.717, 1.165) is 24.1 Å². The van der Waals surface area contributed by atoms with Crippen molar-refractivity contribution in [2.45, 2.75) is 58.0 Å². The van der Waals surface area contributed by atoms with E-state index in [1.54, 1.807) is 12.1 Å². The van der Waals surface area contributed by atoms with Gasteiger partial charge in [0, 0.05) is 36.3 Å². The number of fused-ring (bicyclic) bond motifs is 2. The average molecular weight is 366 g/mol. The van der Waals surface area contributed by atoms with Gasteiger partial charge in [-0.3, -0.25) is 9.59 Å². The Labute approximate surface area is 155 Å². The van der Waals surface area contributed by atoms with Gasteiger partial charge in [-0.05, 0) is 63.1 Å². The van der Waals surface area contributed by atoms with Crippen LogP contribution in [0.3, 0.4) is 0 Å². The first-order valence-electron chi connectivity index (χ1n) is 9.00. The van der Waals surface area contributed by atoms with Crippen LogP contribution in [0.25, 0.3) is 0 Å². The number of hydrogen-bond acceptors (Lipinski definition) is 3. The molecule has 2 bridgehead atoms. The summed E-state index contributed by atoms with van der Waals surface area (Å²) in [5.74, 6) is 0.413. The Balaban J connectivity index is 0.00000225. The molecule has 3 N–H and O–H groups in total. The van der Waals surface area contributed by atoms with Gasteiger partial charge in [0.25, 0.3) is 5.91 Å². The number of amides is 2. The Kier molecular flexibility index (Phi) is 6.85. The standard InChI is InChI=1S/C19H27N3O2.ClH/c1-3-20-19(24)14-5-4-12(2)17(11-14)22-18(23)10-13-8-15-6-7-16(9-13)21-15;/h4-5,11,13,15-16,21H,3,6-10H2,1-2H3,(H,20,24)(H,22,23);1H. The Morgan fingerprint density at radius 2 is 1.88 bits per heavy atom. The molecule has 5 nitrogen and oxygen atoms in total. The van der Waals surface area contributed by atoms with E-state index in [1.807, 2.05) is 19.9 Å². The van der Waals surface area contributed by atoms with Crippen LogP contribution >= 0.6 is 12.4 Å². The first-order valence-corrected chi connectivity index (χ1v) is 9.00. The van der Waals surface area contributed by atoms with E-state index in [4.69, 9.17) is 0 Å². The molecule has 2 unspecified atom stereocenters. The molecule has 0 spiro atoms. The molecule has 2 heterocycles. The lowest BCUT2D eigenvalue weighted by Crippen LogP contribution is -2.39. The summed E-state index contributed by atoms with van der Waals surface area (Å²) < 4.78 is 0. The van der Waals surface area contributed by atoms with Crippen LogP contribution in [0.4, 0.5) is 5.69 Å². The molecule has 1 aromatic carbocycles. The lowest BCUT2D eigenvalue weighted by atomic mass is 9.89. The summed E-state index contributed by atoms with van der Waals surface area (Å²) >= 11 is 0. The lowest BCUT2D eigenvalue weighted by molar-refractivity contribution is -0.117. The summed E-state index contributed by atoms with van der Waals surface area (Å²) in [6.07, 6.45) is 5.26. The molecule has 1 aromatic rings. The van der Waals surface area contributed by atoms with E-state index in [9.17, 15) is 9.59 Å². The fraction of sp³-hybridized carbons (Fsp3) is 0.579. The van der Waals surface area contributed by atoms with Crippen molar-refractivity contribution >= 4 is 29.9 Å². The van der Waals surface area contributed by atoms with E-state index in [1.165, 1.54) is 12.8 Å². The van der Waals surface area contributed by atoms with E-state index in [2.05, 4.69) is 16.0 Å². The normalized spacial score (nSPS) is 24.3. The largest absolute Gasteiger partial charge is 0.352 e. The molecule has 2 atom stereocenters. The van der Waals surface area contributed by atoms with Crippen molar-refractivity contribution in [3.8, 4) is 0 Å². The first-order chi connectivity index (χ1) is 11.5. The number of piperidine rings is 1. The molecular weight excluding hydrogens is 338 g/mol. The monoisotopic (exact) mass is 365 g/mol. The zero-order chi connectivity index (χ0) is 17.1. The Hall–Kier alpha value is -1.59. The number of halogens is 1. The number of aryl methyl sites for hydroxylation is 1. The molecule has 0 saturated carbocycles. The minimum absolute atomic E-state index is 0. The Morgan fingerprint density at radius 1 is 1.20 bits per heavy atom. The number of hydrogen-bond donors (Lipinski definition) is 3. The SMILES string of the molecule is CCNC(=O)c1ccc(C)c(NC(=O)CC2CC3CCC(C2)N3)c1.Cl. The second-order valence-electron chi connectivity index (χ2n) is 7.12. The van der Waals surface area contributed by atoms with Gasteiger partial charge < -0.3 is 16.0 Å². The number of benzene rings is 1. The van der Waals surface area contributed by atoms with Crippen molar-refractivity contribution in [3.05, 3.63) is 29.3 Å². The lowest BCUT2D eigenvalue weighted by Gasteiger charge is -2.28. The molecule has 0 aliphatic carbocycles.